The number of methoxy groups -OCH3 is 2. The van der Waals surface area contributed by atoms with E-state index in [1.165, 1.54) is 11.8 Å². The Hall–Kier alpha value is -3.39. The third kappa shape index (κ3) is 7.56. The number of amides is 2. The van der Waals surface area contributed by atoms with E-state index >= 15 is 0 Å². The van der Waals surface area contributed by atoms with Gasteiger partial charge in [0.25, 0.3) is 0 Å². The Labute approximate surface area is 176 Å². The van der Waals surface area contributed by atoms with Gasteiger partial charge in [-0.05, 0) is 42.7 Å². The molecule has 0 fully saturated rings. The number of benzene rings is 2. The van der Waals surface area contributed by atoms with Gasteiger partial charge in [-0.2, -0.15) is 5.10 Å². The maximum atomic E-state index is 11.7. The summed E-state index contributed by atoms with van der Waals surface area (Å²) in [5, 5.41) is 6.29. The Bertz CT molecular complexity index is 866. The summed E-state index contributed by atoms with van der Waals surface area (Å²) in [6.45, 7) is 3.31. The number of rotatable bonds is 10. The molecule has 2 aromatic carbocycles. The molecular formula is C22H27N3O5. The molecule has 0 aliphatic carbocycles. The molecule has 8 nitrogen and oxygen atoms in total. The van der Waals surface area contributed by atoms with E-state index in [-0.39, 0.29) is 0 Å². The molecule has 30 heavy (non-hydrogen) atoms. The van der Waals surface area contributed by atoms with E-state index in [9.17, 15) is 9.59 Å². The van der Waals surface area contributed by atoms with Crippen molar-refractivity contribution in [1.29, 1.82) is 0 Å². The molecule has 2 aromatic rings. The molecule has 2 amide bonds. The number of hydrogen-bond acceptors (Lipinski definition) is 6. The minimum atomic E-state index is -0.839. The molecule has 0 radical (unpaired) electrons. The van der Waals surface area contributed by atoms with E-state index in [1.54, 1.807) is 32.4 Å². The largest absolute Gasteiger partial charge is 0.493 e. The van der Waals surface area contributed by atoms with Crippen molar-refractivity contribution in [2.45, 2.75) is 20.0 Å². The van der Waals surface area contributed by atoms with E-state index < -0.39 is 11.8 Å². The van der Waals surface area contributed by atoms with Crippen LogP contribution in [0.4, 0.5) is 0 Å². The summed E-state index contributed by atoms with van der Waals surface area (Å²) in [6, 6.07) is 13.4. The van der Waals surface area contributed by atoms with Gasteiger partial charge in [0.15, 0.2) is 11.5 Å². The topological polar surface area (TPSA) is 98.2 Å². The van der Waals surface area contributed by atoms with E-state index in [4.69, 9.17) is 14.2 Å². The first-order valence-corrected chi connectivity index (χ1v) is 9.50. The van der Waals surface area contributed by atoms with E-state index in [0.29, 0.717) is 43.2 Å². The fraction of sp³-hybridized carbons (Fsp3) is 0.318. The fourth-order valence-electron chi connectivity index (χ4n) is 2.44. The van der Waals surface area contributed by atoms with Crippen LogP contribution in [0.2, 0.25) is 0 Å². The van der Waals surface area contributed by atoms with Crippen LogP contribution in [0.3, 0.4) is 0 Å². The maximum absolute atomic E-state index is 11.7. The van der Waals surface area contributed by atoms with Crippen molar-refractivity contribution in [2.75, 3.05) is 27.4 Å². The number of hydrogen-bond donors (Lipinski definition) is 2. The molecule has 0 aliphatic heterocycles. The highest BCUT2D eigenvalue weighted by molar-refractivity contribution is 6.35. The summed E-state index contributed by atoms with van der Waals surface area (Å²) in [6.07, 6.45) is 2.04. The highest BCUT2D eigenvalue weighted by Gasteiger charge is 2.11. The molecule has 0 heterocycles. The van der Waals surface area contributed by atoms with Gasteiger partial charge in [-0.25, -0.2) is 5.43 Å². The van der Waals surface area contributed by atoms with Crippen LogP contribution in [0.15, 0.2) is 47.6 Å². The van der Waals surface area contributed by atoms with Crippen molar-refractivity contribution in [3.63, 3.8) is 0 Å². The number of ether oxygens (including phenoxy) is 3. The first-order valence-electron chi connectivity index (χ1n) is 9.50. The monoisotopic (exact) mass is 413 g/mol. The van der Waals surface area contributed by atoms with Crippen LogP contribution in [0, 0.1) is 6.92 Å². The summed E-state index contributed by atoms with van der Waals surface area (Å²) < 4.78 is 16.1. The Kier molecular flexibility index (Phi) is 9.33. The molecule has 2 rings (SSSR count). The second-order valence-corrected chi connectivity index (χ2v) is 6.49. The van der Waals surface area contributed by atoms with Gasteiger partial charge in [0.05, 0.1) is 13.3 Å². The lowest BCUT2D eigenvalue weighted by molar-refractivity contribution is -0.139. The molecule has 0 aromatic heterocycles. The van der Waals surface area contributed by atoms with Gasteiger partial charge in [-0.15, -0.1) is 0 Å². The normalized spacial score (nSPS) is 10.6. The minimum absolute atomic E-state index is 0.352. The molecule has 0 unspecified atom stereocenters. The first kappa shape index (κ1) is 22.9. The van der Waals surface area contributed by atoms with Crippen molar-refractivity contribution in [3.8, 4) is 11.5 Å². The molecule has 0 spiro atoms. The lowest BCUT2D eigenvalue weighted by atomic mass is 10.2. The van der Waals surface area contributed by atoms with Gasteiger partial charge < -0.3 is 19.5 Å². The van der Waals surface area contributed by atoms with Crippen molar-refractivity contribution < 1.29 is 23.8 Å². The van der Waals surface area contributed by atoms with Crippen molar-refractivity contribution in [3.05, 3.63) is 59.2 Å². The average molecular weight is 413 g/mol. The Balaban J connectivity index is 1.88. The van der Waals surface area contributed by atoms with E-state index in [1.807, 2.05) is 31.2 Å². The third-order valence-corrected chi connectivity index (χ3v) is 4.10. The van der Waals surface area contributed by atoms with E-state index in [0.717, 1.165) is 5.56 Å². The fourth-order valence-corrected chi connectivity index (χ4v) is 2.44. The van der Waals surface area contributed by atoms with Crippen LogP contribution in [0.1, 0.15) is 23.1 Å². The minimum Gasteiger partial charge on any atom is -0.493 e. The summed E-state index contributed by atoms with van der Waals surface area (Å²) in [4.78, 5) is 23.3. The van der Waals surface area contributed by atoms with Gasteiger partial charge in [-0.1, -0.05) is 29.8 Å². The van der Waals surface area contributed by atoms with Crippen LogP contribution in [0.25, 0.3) is 0 Å². The third-order valence-electron chi connectivity index (χ3n) is 4.10. The molecule has 0 aliphatic rings. The molecular weight excluding hydrogens is 386 g/mol. The van der Waals surface area contributed by atoms with Gasteiger partial charge >= 0.3 is 11.8 Å². The second-order valence-electron chi connectivity index (χ2n) is 6.49. The van der Waals surface area contributed by atoms with Crippen LogP contribution in [0.5, 0.6) is 11.5 Å². The summed E-state index contributed by atoms with van der Waals surface area (Å²) in [5.41, 5.74) is 5.11. The molecule has 2 N–H and O–H groups in total. The predicted molar refractivity (Wildman–Crippen MR) is 114 cm³/mol. The van der Waals surface area contributed by atoms with Crippen LogP contribution in [-0.2, 0) is 20.9 Å². The van der Waals surface area contributed by atoms with E-state index in [2.05, 4.69) is 15.8 Å². The average Bonchev–Trinajstić information content (AvgIpc) is 2.76. The van der Waals surface area contributed by atoms with Crippen LogP contribution in [-0.4, -0.2) is 45.4 Å². The number of carbonyl (C=O) groups is 2. The smallest absolute Gasteiger partial charge is 0.329 e. The molecule has 0 bridgehead atoms. The number of carbonyl (C=O) groups excluding carboxylic acids is 2. The number of nitrogens with one attached hydrogen (secondary N) is 2. The molecule has 0 saturated heterocycles. The number of hydrazone groups is 1. The van der Waals surface area contributed by atoms with Crippen molar-refractivity contribution >= 4 is 18.0 Å². The summed E-state index contributed by atoms with van der Waals surface area (Å²) in [7, 11) is 3.12. The molecule has 8 heteroatoms. The lowest BCUT2D eigenvalue weighted by Crippen LogP contribution is -2.38. The van der Waals surface area contributed by atoms with Crippen molar-refractivity contribution in [1.82, 2.24) is 10.7 Å². The quantitative estimate of drug-likeness (QED) is 0.269. The van der Waals surface area contributed by atoms with Gasteiger partial charge in [0.1, 0.15) is 6.61 Å². The molecule has 160 valence electrons. The Morgan fingerprint density at radius 1 is 1.03 bits per heavy atom. The summed E-state index contributed by atoms with van der Waals surface area (Å²) >= 11 is 0. The summed E-state index contributed by atoms with van der Waals surface area (Å²) in [5.74, 6) is -0.461. The highest BCUT2D eigenvalue weighted by Crippen LogP contribution is 2.28. The zero-order chi connectivity index (χ0) is 21.8. The zero-order valence-corrected chi connectivity index (χ0v) is 17.4. The first-order chi connectivity index (χ1) is 14.5. The Morgan fingerprint density at radius 3 is 2.50 bits per heavy atom. The standard InChI is InChI=1S/C22H27N3O5/c1-16-5-7-17(8-6-16)15-30-19-10-9-18(13-20(19)29-3)14-24-25-22(27)21(26)23-11-4-12-28-2/h5-10,13-14H,4,11-12,15H2,1-3H3,(H,23,26)(H,25,27)/b24-14-. The number of aryl methyl sites for hydroxylation is 1. The van der Waals surface area contributed by atoms with Gasteiger partial charge in [-0.3, -0.25) is 9.59 Å². The van der Waals surface area contributed by atoms with Crippen LogP contribution < -0.4 is 20.2 Å². The Morgan fingerprint density at radius 2 is 1.80 bits per heavy atom. The van der Waals surface area contributed by atoms with Gasteiger partial charge in [0.2, 0.25) is 0 Å². The van der Waals surface area contributed by atoms with Crippen molar-refractivity contribution in [2.24, 2.45) is 5.10 Å². The number of nitrogens with zero attached hydrogens (tertiary/aromatic N) is 1. The molecule has 0 atom stereocenters. The second kappa shape index (κ2) is 12.2. The lowest BCUT2D eigenvalue weighted by Gasteiger charge is -2.11. The highest BCUT2D eigenvalue weighted by atomic mass is 16.5. The van der Waals surface area contributed by atoms with Gasteiger partial charge in [0, 0.05) is 20.3 Å². The molecule has 0 saturated carbocycles. The predicted octanol–water partition coefficient (Wildman–Crippen LogP) is 2.19. The zero-order valence-electron chi connectivity index (χ0n) is 17.4. The maximum Gasteiger partial charge on any atom is 0.329 e. The SMILES string of the molecule is COCCCNC(=O)C(=O)N/N=C\c1ccc(OCc2ccc(C)cc2)c(OC)c1. The van der Waals surface area contributed by atoms with Crippen LogP contribution >= 0.6 is 0 Å².